The third kappa shape index (κ3) is 2.87. The average Bonchev–Trinajstić information content (AvgIpc) is 3.25. The number of amides is 1. The molecule has 0 spiro atoms. The molecule has 0 unspecified atom stereocenters. The van der Waals surface area contributed by atoms with E-state index in [-0.39, 0.29) is 5.91 Å². The molecule has 6 heteroatoms. The van der Waals surface area contributed by atoms with E-state index in [1.54, 1.807) is 0 Å². The van der Waals surface area contributed by atoms with Crippen LogP contribution in [0.25, 0.3) is 21.1 Å². The lowest BCUT2D eigenvalue weighted by Gasteiger charge is -2.12. The molecule has 1 aliphatic carbocycles. The number of aromatic nitrogens is 2. The van der Waals surface area contributed by atoms with Gasteiger partial charge in [0.15, 0.2) is 5.13 Å². The fourth-order valence-electron chi connectivity index (χ4n) is 3.74. The van der Waals surface area contributed by atoms with Crippen LogP contribution in [0.3, 0.4) is 0 Å². The number of anilines is 1. The molecule has 4 aromatic rings. The van der Waals surface area contributed by atoms with E-state index in [2.05, 4.69) is 16.4 Å². The molecule has 134 valence electrons. The zero-order chi connectivity index (χ0) is 18.5. The highest BCUT2D eigenvalue weighted by atomic mass is 35.5. The number of hydrogen-bond acceptors (Lipinski definition) is 4. The summed E-state index contributed by atoms with van der Waals surface area (Å²) >= 11 is 7.70. The van der Waals surface area contributed by atoms with Gasteiger partial charge in [0.1, 0.15) is 0 Å². The van der Waals surface area contributed by atoms with Gasteiger partial charge in [0.25, 0.3) is 5.91 Å². The molecule has 1 aliphatic rings. The summed E-state index contributed by atoms with van der Waals surface area (Å²) in [7, 11) is 0. The van der Waals surface area contributed by atoms with E-state index < -0.39 is 0 Å². The summed E-state index contributed by atoms with van der Waals surface area (Å²) in [6.07, 6.45) is 2.80. The van der Waals surface area contributed by atoms with Crippen molar-refractivity contribution in [2.75, 3.05) is 5.32 Å². The van der Waals surface area contributed by atoms with Crippen molar-refractivity contribution in [1.29, 1.82) is 0 Å². The number of pyridine rings is 1. The third-order valence-corrected chi connectivity index (χ3v) is 6.13. The van der Waals surface area contributed by atoms with Gasteiger partial charge in [-0.1, -0.05) is 29.0 Å². The number of hydrogen-bond donors (Lipinski definition) is 1. The Morgan fingerprint density at radius 1 is 1.11 bits per heavy atom. The molecule has 0 bridgehead atoms. The highest BCUT2D eigenvalue weighted by Crippen LogP contribution is 2.33. The van der Waals surface area contributed by atoms with Gasteiger partial charge in [0.2, 0.25) is 0 Å². The lowest BCUT2D eigenvalue weighted by Crippen LogP contribution is -2.15. The van der Waals surface area contributed by atoms with Gasteiger partial charge in [0.05, 0.1) is 21.3 Å². The standard InChI is InChI=1S/C21H16ClN3OS/c1-11-5-7-17-18(9-11)27-21(24-17)25-20(26)19-13-3-2-4-15(13)23-16-8-6-12(22)10-14(16)19/h5-10H,2-4H2,1H3,(H,24,25,26). The summed E-state index contributed by atoms with van der Waals surface area (Å²) in [4.78, 5) is 22.5. The Labute approximate surface area is 165 Å². The number of nitrogens with one attached hydrogen (secondary N) is 1. The number of carbonyl (C=O) groups excluding carboxylic acids is 1. The fraction of sp³-hybridized carbons (Fsp3) is 0.190. The van der Waals surface area contributed by atoms with Crippen LogP contribution in [0.5, 0.6) is 0 Å². The van der Waals surface area contributed by atoms with Gasteiger partial charge in [-0.15, -0.1) is 0 Å². The SMILES string of the molecule is Cc1ccc2nc(NC(=O)c3c4c(nc5ccc(Cl)cc35)CCC4)sc2c1. The van der Waals surface area contributed by atoms with Crippen molar-refractivity contribution >= 4 is 55.1 Å². The van der Waals surface area contributed by atoms with Crippen LogP contribution in [0.4, 0.5) is 5.13 Å². The van der Waals surface area contributed by atoms with E-state index in [1.807, 2.05) is 37.3 Å². The van der Waals surface area contributed by atoms with Crippen molar-refractivity contribution in [1.82, 2.24) is 9.97 Å². The minimum Gasteiger partial charge on any atom is -0.298 e. The van der Waals surface area contributed by atoms with Crippen molar-refractivity contribution in [3.05, 3.63) is 63.8 Å². The molecule has 5 rings (SSSR count). The molecule has 0 atom stereocenters. The first kappa shape index (κ1) is 16.7. The number of rotatable bonds is 2. The summed E-state index contributed by atoms with van der Waals surface area (Å²) in [5, 5.41) is 5.02. The van der Waals surface area contributed by atoms with Crippen LogP contribution in [0, 0.1) is 6.92 Å². The second-order valence-corrected chi connectivity index (χ2v) is 8.34. The molecule has 0 saturated carbocycles. The molecular formula is C21H16ClN3OS. The van der Waals surface area contributed by atoms with E-state index in [0.29, 0.717) is 15.7 Å². The van der Waals surface area contributed by atoms with Crippen LogP contribution in [-0.4, -0.2) is 15.9 Å². The number of halogens is 1. The highest BCUT2D eigenvalue weighted by Gasteiger charge is 2.24. The minimum atomic E-state index is -0.140. The summed E-state index contributed by atoms with van der Waals surface area (Å²) in [5.74, 6) is -0.140. The summed E-state index contributed by atoms with van der Waals surface area (Å²) < 4.78 is 1.07. The molecule has 0 aliphatic heterocycles. The van der Waals surface area contributed by atoms with E-state index >= 15 is 0 Å². The third-order valence-electron chi connectivity index (χ3n) is 4.97. The average molecular weight is 394 g/mol. The Kier molecular flexibility index (Phi) is 3.88. The van der Waals surface area contributed by atoms with Crippen molar-refractivity contribution in [2.45, 2.75) is 26.2 Å². The van der Waals surface area contributed by atoms with Crippen LogP contribution in [0.1, 0.15) is 33.6 Å². The molecule has 2 heterocycles. The van der Waals surface area contributed by atoms with Crippen LogP contribution in [0.15, 0.2) is 36.4 Å². The first-order valence-electron chi connectivity index (χ1n) is 8.88. The Morgan fingerprint density at radius 3 is 2.85 bits per heavy atom. The summed E-state index contributed by atoms with van der Waals surface area (Å²) in [6, 6.07) is 11.6. The van der Waals surface area contributed by atoms with Crippen LogP contribution >= 0.6 is 22.9 Å². The van der Waals surface area contributed by atoms with Gasteiger partial charge in [-0.25, -0.2) is 4.98 Å². The fourth-order valence-corrected chi connectivity index (χ4v) is 4.87. The quantitative estimate of drug-likeness (QED) is 0.486. The lowest BCUT2D eigenvalue weighted by atomic mass is 10.0. The van der Waals surface area contributed by atoms with Gasteiger partial charge in [-0.3, -0.25) is 15.1 Å². The Bertz CT molecular complexity index is 1230. The second kappa shape index (κ2) is 6.29. The van der Waals surface area contributed by atoms with Gasteiger partial charge < -0.3 is 0 Å². The largest absolute Gasteiger partial charge is 0.298 e. The lowest BCUT2D eigenvalue weighted by molar-refractivity contribution is 0.102. The highest BCUT2D eigenvalue weighted by molar-refractivity contribution is 7.22. The zero-order valence-corrected chi connectivity index (χ0v) is 16.2. The predicted octanol–water partition coefficient (Wildman–Crippen LogP) is 5.55. The number of aryl methyl sites for hydroxylation is 2. The maximum atomic E-state index is 13.2. The smallest absolute Gasteiger partial charge is 0.258 e. The summed E-state index contributed by atoms with van der Waals surface area (Å²) in [5.41, 5.74) is 5.63. The molecule has 1 amide bonds. The number of thiazole rings is 1. The molecule has 0 saturated heterocycles. The zero-order valence-electron chi connectivity index (χ0n) is 14.7. The van der Waals surface area contributed by atoms with E-state index in [9.17, 15) is 4.79 Å². The topological polar surface area (TPSA) is 54.9 Å². The van der Waals surface area contributed by atoms with Gasteiger partial charge in [0, 0.05) is 16.1 Å². The summed E-state index contributed by atoms with van der Waals surface area (Å²) in [6.45, 7) is 2.05. The minimum absolute atomic E-state index is 0.140. The molecule has 0 radical (unpaired) electrons. The van der Waals surface area contributed by atoms with E-state index in [0.717, 1.165) is 51.6 Å². The monoisotopic (exact) mass is 393 g/mol. The molecule has 4 nitrogen and oxygen atoms in total. The van der Waals surface area contributed by atoms with Crippen LogP contribution in [-0.2, 0) is 12.8 Å². The normalized spacial score (nSPS) is 13.3. The Morgan fingerprint density at radius 2 is 1.96 bits per heavy atom. The molecule has 2 aromatic carbocycles. The maximum Gasteiger partial charge on any atom is 0.258 e. The molecule has 1 N–H and O–H groups in total. The molecule has 2 aromatic heterocycles. The van der Waals surface area contributed by atoms with E-state index in [4.69, 9.17) is 16.6 Å². The van der Waals surface area contributed by atoms with Crippen molar-refractivity contribution < 1.29 is 4.79 Å². The second-order valence-electron chi connectivity index (χ2n) is 6.87. The first-order chi connectivity index (χ1) is 13.1. The number of carbonyl (C=O) groups is 1. The molecule has 0 fully saturated rings. The van der Waals surface area contributed by atoms with Crippen molar-refractivity contribution in [3.63, 3.8) is 0 Å². The molecular weight excluding hydrogens is 378 g/mol. The van der Waals surface area contributed by atoms with Crippen molar-refractivity contribution in [2.24, 2.45) is 0 Å². The van der Waals surface area contributed by atoms with Gasteiger partial charge >= 0.3 is 0 Å². The predicted molar refractivity (Wildman–Crippen MR) is 111 cm³/mol. The van der Waals surface area contributed by atoms with Gasteiger partial charge in [-0.05, 0) is 67.6 Å². The number of nitrogens with zero attached hydrogens (tertiary/aromatic N) is 2. The van der Waals surface area contributed by atoms with Crippen LogP contribution < -0.4 is 5.32 Å². The van der Waals surface area contributed by atoms with Crippen LogP contribution in [0.2, 0.25) is 5.02 Å². The number of fused-ring (bicyclic) bond motifs is 3. The molecule has 27 heavy (non-hydrogen) atoms. The Hall–Kier alpha value is -2.50. The Balaban J connectivity index is 1.61. The maximum absolute atomic E-state index is 13.2. The van der Waals surface area contributed by atoms with E-state index in [1.165, 1.54) is 16.9 Å². The first-order valence-corrected chi connectivity index (χ1v) is 10.1. The van der Waals surface area contributed by atoms with Crippen molar-refractivity contribution in [3.8, 4) is 0 Å². The van der Waals surface area contributed by atoms with Gasteiger partial charge in [-0.2, -0.15) is 0 Å². The number of benzene rings is 2.